The van der Waals surface area contributed by atoms with Crippen molar-refractivity contribution in [2.24, 2.45) is 0 Å². The molecule has 150 valence electrons. The molecule has 0 atom stereocenters. The number of benzene rings is 2. The van der Waals surface area contributed by atoms with Gasteiger partial charge in [-0.15, -0.1) is 0 Å². The van der Waals surface area contributed by atoms with Crippen LogP contribution in [-0.2, 0) is 0 Å². The summed E-state index contributed by atoms with van der Waals surface area (Å²) in [4.78, 5) is 23.4. The molecule has 0 spiro atoms. The first kappa shape index (κ1) is 19.2. The van der Waals surface area contributed by atoms with E-state index in [1.165, 1.54) is 0 Å². The summed E-state index contributed by atoms with van der Waals surface area (Å²) in [6.45, 7) is 5.40. The van der Waals surface area contributed by atoms with Gasteiger partial charge >= 0.3 is 6.03 Å². The van der Waals surface area contributed by atoms with Crippen LogP contribution in [0.2, 0.25) is 0 Å². The molecule has 1 aromatic heterocycles. The summed E-state index contributed by atoms with van der Waals surface area (Å²) in [5, 5.41) is 4.09. The highest BCUT2D eigenvalue weighted by Crippen LogP contribution is 2.31. The molecule has 2 amide bonds. The van der Waals surface area contributed by atoms with E-state index in [2.05, 4.69) is 21.4 Å². The van der Waals surface area contributed by atoms with Crippen LogP contribution in [0.1, 0.15) is 38.3 Å². The molecule has 6 heteroatoms. The Hall–Kier alpha value is -3.15. The van der Waals surface area contributed by atoms with Crippen molar-refractivity contribution >= 4 is 22.6 Å². The summed E-state index contributed by atoms with van der Waals surface area (Å²) < 4.78 is 5.64. The van der Waals surface area contributed by atoms with Crippen molar-refractivity contribution in [3.05, 3.63) is 60.6 Å². The Morgan fingerprint density at radius 2 is 1.79 bits per heavy atom. The van der Waals surface area contributed by atoms with Crippen LogP contribution in [-0.4, -0.2) is 40.1 Å². The Kier molecular flexibility index (Phi) is 5.60. The molecule has 29 heavy (non-hydrogen) atoms. The van der Waals surface area contributed by atoms with Crippen LogP contribution in [0.4, 0.5) is 10.5 Å². The highest BCUT2D eigenvalue weighted by Gasteiger charge is 2.26. The lowest BCUT2D eigenvalue weighted by atomic mass is 9.91. The summed E-state index contributed by atoms with van der Waals surface area (Å²) in [5.41, 5.74) is 2.84. The lowest BCUT2D eigenvalue weighted by Gasteiger charge is -2.32. The van der Waals surface area contributed by atoms with E-state index in [-0.39, 0.29) is 12.1 Å². The molecule has 1 saturated heterocycles. The Balaban J connectivity index is 1.36. The number of likely N-dealkylation sites (tertiary alicyclic amines) is 1. The van der Waals surface area contributed by atoms with Crippen molar-refractivity contribution in [1.29, 1.82) is 0 Å². The number of aromatic nitrogens is 2. The topological polar surface area (TPSA) is 67.3 Å². The molecule has 1 aliphatic heterocycles. The number of piperidine rings is 1. The molecule has 4 rings (SSSR count). The smallest absolute Gasteiger partial charge is 0.321 e. The quantitative estimate of drug-likeness (QED) is 0.693. The second-order valence-corrected chi connectivity index (χ2v) is 7.66. The van der Waals surface area contributed by atoms with Gasteiger partial charge in [-0.3, -0.25) is 0 Å². The number of ether oxygens (including phenoxy) is 1. The van der Waals surface area contributed by atoms with Crippen LogP contribution in [0.15, 0.2) is 54.9 Å². The summed E-state index contributed by atoms with van der Waals surface area (Å²) in [6, 6.07) is 15.5. The lowest BCUT2D eigenvalue weighted by Crippen LogP contribution is -2.40. The summed E-state index contributed by atoms with van der Waals surface area (Å²) in [7, 11) is 0. The first-order chi connectivity index (χ1) is 14.1. The van der Waals surface area contributed by atoms with E-state index in [4.69, 9.17) is 4.74 Å². The Labute approximate surface area is 170 Å². The molecule has 1 fully saturated rings. The van der Waals surface area contributed by atoms with E-state index in [9.17, 15) is 4.79 Å². The lowest BCUT2D eigenvalue weighted by molar-refractivity contribution is 0.194. The van der Waals surface area contributed by atoms with Gasteiger partial charge in [-0.1, -0.05) is 18.2 Å². The van der Waals surface area contributed by atoms with Gasteiger partial charge in [0.25, 0.3) is 0 Å². The maximum atomic E-state index is 12.6. The number of urea groups is 1. The highest BCUT2D eigenvalue weighted by molar-refractivity contribution is 5.89. The zero-order valence-corrected chi connectivity index (χ0v) is 16.8. The van der Waals surface area contributed by atoms with Gasteiger partial charge in [0.2, 0.25) is 0 Å². The molecule has 6 nitrogen and oxygen atoms in total. The van der Waals surface area contributed by atoms with Gasteiger partial charge in [0.15, 0.2) is 0 Å². The third-order valence-electron chi connectivity index (χ3n) is 5.22. The van der Waals surface area contributed by atoms with Crippen molar-refractivity contribution in [3.8, 4) is 5.75 Å². The molecule has 0 saturated carbocycles. The van der Waals surface area contributed by atoms with Crippen molar-refractivity contribution in [2.45, 2.75) is 38.7 Å². The van der Waals surface area contributed by atoms with Crippen LogP contribution < -0.4 is 10.1 Å². The largest absolute Gasteiger partial charge is 0.491 e. The van der Waals surface area contributed by atoms with Gasteiger partial charge in [0.05, 0.1) is 17.3 Å². The number of hydrogen-bond acceptors (Lipinski definition) is 4. The third-order valence-corrected chi connectivity index (χ3v) is 5.22. The first-order valence-electron chi connectivity index (χ1n) is 10.1. The minimum Gasteiger partial charge on any atom is -0.491 e. The van der Waals surface area contributed by atoms with Crippen LogP contribution in [0.5, 0.6) is 5.75 Å². The Morgan fingerprint density at radius 1 is 1.07 bits per heavy atom. The number of anilines is 1. The zero-order chi connectivity index (χ0) is 20.2. The standard InChI is InChI=1S/C23H26N4O2/c1-16(2)29-19-9-7-18(8-10-19)26-23(28)27-13-11-17(12-14-27)22-20-5-3-4-6-21(20)24-15-25-22/h3-10,15-17H,11-14H2,1-2H3,(H,26,28). The Morgan fingerprint density at radius 3 is 2.52 bits per heavy atom. The predicted molar refractivity (Wildman–Crippen MR) is 114 cm³/mol. The maximum Gasteiger partial charge on any atom is 0.321 e. The minimum absolute atomic E-state index is 0.0616. The number of para-hydroxylation sites is 1. The van der Waals surface area contributed by atoms with Gasteiger partial charge in [0, 0.05) is 30.1 Å². The first-order valence-corrected chi connectivity index (χ1v) is 10.1. The number of amides is 2. The number of carbonyl (C=O) groups excluding carboxylic acids is 1. The van der Waals surface area contributed by atoms with E-state index in [0.29, 0.717) is 19.0 Å². The van der Waals surface area contributed by atoms with Crippen molar-refractivity contribution in [2.75, 3.05) is 18.4 Å². The second-order valence-electron chi connectivity index (χ2n) is 7.66. The molecule has 1 N–H and O–H groups in total. The SMILES string of the molecule is CC(C)Oc1ccc(NC(=O)N2CCC(c3ncnc4ccccc34)CC2)cc1. The average molecular weight is 390 g/mol. The normalized spacial score (nSPS) is 14.9. The van der Waals surface area contributed by atoms with Crippen LogP contribution in [0.25, 0.3) is 10.9 Å². The van der Waals surface area contributed by atoms with E-state index in [0.717, 1.165) is 40.9 Å². The molecule has 2 heterocycles. The molecular weight excluding hydrogens is 364 g/mol. The van der Waals surface area contributed by atoms with Crippen LogP contribution in [0, 0.1) is 0 Å². The van der Waals surface area contributed by atoms with E-state index >= 15 is 0 Å². The highest BCUT2D eigenvalue weighted by atomic mass is 16.5. The fourth-order valence-electron chi connectivity index (χ4n) is 3.80. The van der Waals surface area contributed by atoms with Crippen LogP contribution in [0.3, 0.4) is 0 Å². The average Bonchev–Trinajstić information content (AvgIpc) is 2.74. The van der Waals surface area contributed by atoms with E-state index < -0.39 is 0 Å². The predicted octanol–water partition coefficient (Wildman–Crippen LogP) is 4.83. The fourth-order valence-corrected chi connectivity index (χ4v) is 3.80. The molecule has 0 unspecified atom stereocenters. The minimum atomic E-state index is -0.0616. The monoisotopic (exact) mass is 390 g/mol. The number of carbonyl (C=O) groups is 1. The van der Waals surface area contributed by atoms with Gasteiger partial charge < -0.3 is 15.0 Å². The van der Waals surface area contributed by atoms with Crippen molar-refractivity contribution in [3.63, 3.8) is 0 Å². The number of nitrogens with zero attached hydrogens (tertiary/aromatic N) is 3. The second kappa shape index (κ2) is 8.47. The number of rotatable bonds is 4. The number of fused-ring (bicyclic) bond motifs is 1. The fraction of sp³-hybridized carbons (Fsp3) is 0.348. The molecule has 0 radical (unpaired) electrons. The van der Waals surface area contributed by atoms with Crippen molar-refractivity contribution < 1.29 is 9.53 Å². The number of hydrogen-bond donors (Lipinski definition) is 1. The molecule has 0 bridgehead atoms. The van der Waals surface area contributed by atoms with E-state index in [1.54, 1.807) is 6.33 Å². The number of nitrogens with one attached hydrogen (secondary N) is 1. The van der Waals surface area contributed by atoms with Gasteiger partial charge in [-0.2, -0.15) is 0 Å². The summed E-state index contributed by atoms with van der Waals surface area (Å²) in [5.74, 6) is 1.15. The summed E-state index contributed by atoms with van der Waals surface area (Å²) >= 11 is 0. The van der Waals surface area contributed by atoms with Crippen LogP contribution >= 0.6 is 0 Å². The van der Waals surface area contributed by atoms with Gasteiger partial charge in [-0.05, 0) is 57.0 Å². The molecule has 0 aliphatic carbocycles. The Bertz CT molecular complexity index is 974. The molecule has 1 aliphatic rings. The summed E-state index contributed by atoms with van der Waals surface area (Å²) in [6.07, 6.45) is 3.57. The molecule has 2 aromatic carbocycles. The van der Waals surface area contributed by atoms with Gasteiger partial charge in [-0.25, -0.2) is 14.8 Å². The maximum absolute atomic E-state index is 12.6. The van der Waals surface area contributed by atoms with Crippen molar-refractivity contribution in [1.82, 2.24) is 14.9 Å². The molecule has 3 aromatic rings. The third kappa shape index (κ3) is 4.47. The van der Waals surface area contributed by atoms with E-state index in [1.807, 2.05) is 61.2 Å². The van der Waals surface area contributed by atoms with Gasteiger partial charge in [0.1, 0.15) is 12.1 Å². The zero-order valence-electron chi connectivity index (χ0n) is 16.8. The molecular formula is C23H26N4O2.